The quantitative estimate of drug-likeness (QED) is 0.291. The maximum Gasteiger partial charge on any atom is 0.425 e. The first-order valence-electron chi connectivity index (χ1n) is 11.9. The fourth-order valence-corrected chi connectivity index (χ4v) is 4.10. The summed E-state index contributed by atoms with van der Waals surface area (Å²) in [6.45, 7) is 1.47. The Labute approximate surface area is 215 Å². The molecule has 2 aromatic carbocycles. The molecule has 5 rings (SSSR count). The van der Waals surface area contributed by atoms with Gasteiger partial charge in [0.2, 0.25) is 5.88 Å². The number of anilines is 1. The van der Waals surface area contributed by atoms with Crippen LogP contribution >= 0.6 is 0 Å². The van der Waals surface area contributed by atoms with Crippen LogP contribution < -0.4 is 10.1 Å². The number of hydrogen-bond acceptors (Lipinski definition) is 6. The third-order valence-corrected chi connectivity index (χ3v) is 6.20. The molecule has 1 atom stereocenters. The number of nitrogens with zero attached hydrogens (tertiary/aromatic N) is 4. The van der Waals surface area contributed by atoms with Gasteiger partial charge in [-0.25, -0.2) is 9.78 Å². The number of nitriles is 1. The second kappa shape index (κ2) is 10.0. The lowest BCUT2D eigenvalue weighted by atomic mass is 10.1. The molecule has 2 heterocycles. The van der Waals surface area contributed by atoms with Crippen LogP contribution in [0.15, 0.2) is 61.1 Å². The maximum absolute atomic E-state index is 12.7. The average Bonchev–Trinajstić information content (AvgIpc) is 3.66. The molecule has 1 fully saturated rings. The summed E-state index contributed by atoms with van der Waals surface area (Å²) in [5, 5.41) is 13.2. The Bertz CT molecular complexity index is 1510. The van der Waals surface area contributed by atoms with Crippen molar-refractivity contribution in [1.82, 2.24) is 14.5 Å². The first-order chi connectivity index (χ1) is 18.2. The van der Waals surface area contributed by atoms with E-state index in [1.807, 2.05) is 12.1 Å². The number of hydrogen-bond donors (Lipinski definition) is 1. The van der Waals surface area contributed by atoms with E-state index in [4.69, 9.17) is 4.74 Å². The number of alkyl halides is 3. The highest BCUT2D eigenvalue weighted by molar-refractivity contribution is 5.95. The van der Waals surface area contributed by atoms with E-state index >= 15 is 0 Å². The molecule has 8 nitrogen and oxygen atoms in total. The van der Waals surface area contributed by atoms with Crippen LogP contribution in [-0.4, -0.2) is 32.9 Å². The van der Waals surface area contributed by atoms with Crippen molar-refractivity contribution < 1.29 is 27.4 Å². The number of carbonyl (C=O) groups excluding carboxylic acids is 1. The number of ether oxygens (including phenoxy) is 2. The van der Waals surface area contributed by atoms with Crippen molar-refractivity contribution in [2.75, 3.05) is 5.32 Å². The van der Waals surface area contributed by atoms with Crippen LogP contribution in [0.2, 0.25) is 0 Å². The smallest absolute Gasteiger partial charge is 0.425 e. The first-order valence-corrected chi connectivity index (χ1v) is 11.9. The molecule has 1 aliphatic rings. The van der Waals surface area contributed by atoms with Crippen molar-refractivity contribution in [2.24, 2.45) is 5.92 Å². The minimum Gasteiger partial charge on any atom is -0.437 e. The van der Waals surface area contributed by atoms with Gasteiger partial charge < -0.3 is 14.0 Å². The number of rotatable bonds is 7. The molecular formula is C27H22F3N5O3. The number of halogens is 3. The number of benzene rings is 2. The molecule has 11 heteroatoms. The molecule has 194 valence electrons. The number of fused-ring (bicyclic) bond motifs is 1. The van der Waals surface area contributed by atoms with Crippen molar-refractivity contribution in [3.8, 4) is 29.0 Å². The zero-order valence-corrected chi connectivity index (χ0v) is 20.2. The van der Waals surface area contributed by atoms with Gasteiger partial charge in [-0.2, -0.15) is 18.4 Å². The van der Waals surface area contributed by atoms with E-state index in [9.17, 15) is 23.2 Å². The number of nitrogens with one attached hydrogen (secondary N) is 1. The molecule has 1 amide bonds. The Morgan fingerprint density at radius 1 is 1.21 bits per heavy atom. The number of amides is 1. The lowest BCUT2D eigenvalue weighted by Crippen LogP contribution is -2.32. The minimum absolute atomic E-state index is 0.260. The van der Waals surface area contributed by atoms with Crippen molar-refractivity contribution in [1.29, 1.82) is 5.26 Å². The molecule has 38 heavy (non-hydrogen) atoms. The molecule has 0 spiro atoms. The summed E-state index contributed by atoms with van der Waals surface area (Å²) < 4.78 is 50.3. The molecule has 1 saturated carbocycles. The molecule has 0 radical (unpaired) electrons. The minimum atomic E-state index is -4.65. The summed E-state index contributed by atoms with van der Waals surface area (Å²) in [6, 6.07) is 14.3. The van der Waals surface area contributed by atoms with E-state index in [0.29, 0.717) is 35.3 Å². The molecular weight excluding hydrogens is 499 g/mol. The second-order valence-electron chi connectivity index (χ2n) is 9.01. The van der Waals surface area contributed by atoms with Crippen LogP contribution in [0.25, 0.3) is 22.2 Å². The van der Waals surface area contributed by atoms with Gasteiger partial charge in [0, 0.05) is 36.1 Å². The predicted molar refractivity (Wildman–Crippen MR) is 133 cm³/mol. The van der Waals surface area contributed by atoms with Gasteiger partial charge >= 0.3 is 12.3 Å². The summed E-state index contributed by atoms with van der Waals surface area (Å²) in [7, 11) is 0. The Morgan fingerprint density at radius 3 is 2.61 bits per heavy atom. The lowest BCUT2D eigenvalue weighted by molar-refractivity contribution is -0.196. The van der Waals surface area contributed by atoms with Crippen molar-refractivity contribution >= 4 is 22.7 Å². The topological polar surface area (TPSA) is 102 Å². The third-order valence-electron chi connectivity index (χ3n) is 6.20. The SMILES string of the molecule is C[C@@H](OC(=O)Nc1ccc(-c2c(C#N)c3ccc(Oc4cnccn4)cc3n2CC2CC2)cc1)C(F)(F)F. The van der Waals surface area contributed by atoms with Gasteiger partial charge in [0.15, 0.2) is 6.10 Å². The second-order valence-corrected chi connectivity index (χ2v) is 9.01. The van der Waals surface area contributed by atoms with E-state index in [1.54, 1.807) is 36.5 Å². The Hall–Kier alpha value is -4.59. The molecule has 0 saturated heterocycles. The van der Waals surface area contributed by atoms with Crippen molar-refractivity contribution in [3.05, 3.63) is 66.6 Å². The highest BCUT2D eigenvalue weighted by atomic mass is 19.4. The van der Waals surface area contributed by atoms with E-state index in [1.165, 1.54) is 12.4 Å². The summed E-state index contributed by atoms with van der Waals surface area (Å²) >= 11 is 0. The zero-order chi connectivity index (χ0) is 26.9. The average molecular weight is 521 g/mol. The summed E-state index contributed by atoms with van der Waals surface area (Å²) in [4.78, 5) is 20.0. The molecule has 0 aliphatic heterocycles. The van der Waals surface area contributed by atoms with Gasteiger partial charge in [-0.1, -0.05) is 12.1 Å². The molecule has 0 unspecified atom stereocenters. The molecule has 0 bridgehead atoms. The Kier molecular flexibility index (Phi) is 6.63. The van der Waals surface area contributed by atoms with Gasteiger partial charge in [-0.15, -0.1) is 0 Å². The highest BCUT2D eigenvalue weighted by Gasteiger charge is 2.39. The normalized spacial score (nSPS) is 14.1. The number of carbonyl (C=O) groups is 1. The van der Waals surface area contributed by atoms with Crippen molar-refractivity contribution in [3.63, 3.8) is 0 Å². The van der Waals surface area contributed by atoms with Gasteiger partial charge in [-0.3, -0.25) is 10.3 Å². The Balaban J connectivity index is 1.47. The van der Waals surface area contributed by atoms with Crippen LogP contribution in [-0.2, 0) is 11.3 Å². The van der Waals surface area contributed by atoms with E-state index in [2.05, 4.69) is 30.7 Å². The molecule has 2 aromatic heterocycles. The summed E-state index contributed by atoms with van der Waals surface area (Å²) in [5.41, 5.74) is 3.02. The standard InChI is InChI=1S/C27H22F3N5O3/c1-16(27(28,29)30)37-26(36)34-19-6-4-18(5-7-19)25-22(13-31)21-9-8-20(38-24-14-32-10-11-33-24)12-23(21)35(25)15-17-2-3-17/h4-12,14,16-17H,2-3,15H2,1H3,(H,34,36)/t16-/m1/s1. The fraction of sp³-hybridized carbons (Fsp3) is 0.259. The van der Waals surface area contributed by atoms with Gasteiger partial charge in [0.1, 0.15) is 11.8 Å². The van der Waals surface area contributed by atoms with Crippen LogP contribution in [0.5, 0.6) is 11.6 Å². The molecule has 4 aromatic rings. The summed E-state index contributed by atoms with van der Waals surface area (Å²) in [6.07, 6.45) is -1.31. The largest absolute Gasteiger partial charge is 0.437 e. The molecule has 1 aliphatic carbocycles. The Morgan fingerprint density at radius 2 is 1.97 bits per heavy atom. The highest BCUT2D eigenvalue weighted by Crippen LogP contribution is 2.40. The first kappa shape index (κ1) is 25.1. The van der Waals surface area contributed by atoms with E-state index < -0.39 is 18.4 Å². The van der Waals surface area contributed by atoms with Gasteiger partial charge in [-0.05, 0) is 55.5 Å². The van der Waals surface area contributed by atoms with Gasteiger partial charge in [0.05, 0.1) is 23.0 Å². The van der Waals surface area contributed by atoms with Crippen LogP contribution in [0.3, 0.4) is 0 Å². The monoisotopic (exact) mass is 521 g/mol. The maximum atomic E-state index is 12.7. The van der Waals surface area contributed by atoms with Crippen molar-refractivity contribution in [2.45, 2.75) is 38.6 Å². The number of aromatic nitrogens is 3. The fourth-order valence-electron chi connectivity index (χ4n) is 4.10. The zero-order valence-electron chi connectivity index (χ0n) is 20.2. The van der Waals surface area contributed by atoms with E-state index in [-0.39, 0.29) is 5.69 Å². The van der Waals surface area contributed by atoms with Crippen LogP contribution in [0, 0.1) is 17.2 Å². The lowest BCUT2D eigenvalue weighted by Gasteiger charge is -2.16. The summed E-state index contributed by atoms with van der Waals surface area (Å²) in [5.74, 6) is 1.39. The van der Waals surface area contributed by atoms with Gasteiger partial charge in [0.25, 0.3) is 0 Å². The third kappa shape index (κ3) is 5.39. The van der Waals surface area contributed by atoms with Crippen LogP contribution in [0.1, 0.15) is 25.3 Å². The van der Waals surface area contributed by atoms with E-state index in [0.717, 1.165) is 36.2 Å². The predicted octanol–water partition coefficient (Wildman–Crippen LogP) is 6.67. The molecule has 1 N–H and O–H groups in total. The van der Waals surface area contributed by atoms with Crippen LogP contribution in [0.4, 0.5) is 23.7 Å².